The van der Waals surface area contributed by atoms with Gasteiger partial charge in [-0.2, -0.15) is 0 Å². The number of piperidine rings is 1. The Labute approximate surface area is 118 Å². The van der Waals surface area contributed by atoms with Crippen LogP contribution in [0, 0.1) is 11.8 Å². The first-order chi connectivity index (χ1) is 8.99. The summed E-state index contributed by atoms with van der Waals surface area (Å²) in [7, 11) is 2.17. The van der Waals surface area contributed by atoms with E-state index in [9.17, 15) is 4.79 Å². The minimum atomic E-state index is -0.0839. The molecule has 19 heavy (non-hydrogen) atoms. The lowest BCUT2D eigenvalue weighted by Gasteiger charge is -2.30. The maximum absolute atomic E-state index is 11.9. The van der Waals surface area contributed by atoms with Gasteiger partial charge in [0.05, 0.1) is 6.04 Å². The smallest absolute Gasteiger partial charge is 0.236 e. The Morgan fingerprint density at radius 3 is 2.74 bits per heavy atom. The van der Waals surface area contributed by atoms with E-state index < -0.39 is 0 Å². The molecule has 4 nitrogen and oxygen atoms in total. The fraction of sp³-hybridized carbons (Fsp3) is 0.933. The maximum Gasteiger partial charge on any atom is 0.236 e. The van der Waals surface area contributed by atoms with Crippen molar-refractivity contribution in [2.75, 3.05) is 33.2 Å². The van der Waals surface area contributed by atoms with Crippen molar-refractivity contribution in [3.63, 3.8) is 0 Å². The third-order valence-electron chi connectivity index (χ3n) is 3.85. The molecule has 1 rings (SSSR count). The molecule has 0 aromatic heterocycles. The van der Waals surface area contributed by atoms with Gasteiger partial charge in [0, 0.05) is 13.1 Å². The van der Waals surface area contributed by atoms with E-state index in [0.717, 1.165) is 26.1 Å². The summed E-state index contributed by atoms with van der Waals surface area (Å²) in [4.78, 5) is 14.3. The van der Waals surface area contributed by atoms with Crippen LogP contribution in [0.5, 0.6) is 0 Å². The minimum Gasteiger partial charge on any atom is -0.355 e. The Morgan fingerprint density at radius 2 is 2.11 bits per heavy atom. The second-order valence-electron chi connectivity index (χ2n) is 6.37. The topological polar surface area (TPSA) is 44.4 Å². The summed E-state index contributed by atoms with van der Waals surface area (Å²) >= 11 is 0. The molecule has 1 aliphatic heterocycles. The number of carbonyl (C=O) groups is 1. The lowest BCUT2D eigenvalue weighted by atomic mass is 9.98. The van der Waals surface area contributed by atoms with E-state index in [4.69, 9.17) is 0 Å². The van der Waals surface area contributed by atoms with E-state index in [1.807, 2.05) is 6.92 Å². The summed E-state index contributed by atoms with van der Waals surface area (Å²) in [6.45, 7) is 10.4. The van der Waals surface area contributed by atoms with Gasteiger partial charge in [-0.3, -0.25) is 4.79 Å². The predicted octanol–water partition coefficient (Wildman–Crippen LogP) is 1.47. The third kappa shape index (κ3) is 6.92. The molecular formula is C15H31N3O. The molecule has 0 bridgehead atoms. The van der Waals surface area contributed by atoms with Crippen LogP contribution in [0.4, 0.5) is 0 Å². The fourth-order valence-electron chi connectivity index (χ4n) is 2.51. The molecule has 4 heteroatoms. The van der Waals surface area contributed by atoms with Crippen LogP contribution in [0.2, 0.25) is 0 Å². The SMILES string of the molecule is CC(C)CCNC(=O)C(C)NCC1CCCN(C)C1. The predicted molar refractivity (Wildman–Crippen MR) is 80.2 cm³/mol. The molecule has 2 atom stereocenters. The van der Waals surface area contributed by atoms with Crippen molar-refractivity contribution in [3.8, 4) is 0 Å². The summed E-state index contributed by atoms with van der Waals surface area (Å²) in [5.74, 6) is 1.45. The van der Waals surface area contributed by atoms with Crippen LogP contribution in [0.25, 0.3) is 0 Å². The summed E-state index contributed by atoms with van der Waals surface area (Å²) in [5.41, 5.74) is 0. The van der Waals surface area contributed by atoms with Gasteiger partial charge in [-0.15, -0.1) is 0 Å². The standard InChI is InChI=1S/C15H31N3O/c1-12(2)7-8-16-15(19)13(3)17-10-14-6-5-9-18(4)11-14/h12-14,17H,5-11H2,1-4H3,(H,16,19). The molecule has 2 N–H and O–H groups in total. The van der Waals surface area contributed by atoms with Crippen molar-refractivity contribution in [2.45, 2.75) is 46.1 Å². The first-order valence-corrected chi connectivity index (χ1v) is 7.68. The van der Waals surface area contributed by atoms with Crippen molar-refractivity contribution < 1.29 is 4.79 Å². The molecule has 1 aliphatic rings. The molecule has 0 aromatic carbocycles. The van der Waals surface area contributed by atoms with Crippen LogP contribution in [0.1, 0.15) is 40.0 Å². The monoisotopic (exact) mass is 269 g/mol. The molecule has 1 amide bonds. The molecule has 2 unspecified atom stereocenters. The van der Waals surface area contributed by atoms with Gasteiger partial charge in [-0.25, -0.2) is 0 Å². The first kappa shape index (κ1) is 16.4. The van der Waals surface area contributed by atoms with Crippen LogP contribution >= 0.6 is 0 Å². The highest BCUT2D eigenvalue weighted by Gasteiger charge is 2.19. The van der Waals surface area contributed by atoms with Crippen LogP contribution in [-0.2, 0) is 4.79 Å². The number of likely N-dealkylation sites (tertiary alicyclic amines) is 1. The summed E-state index contributed by atoms with van der Waals surface area (Å²) < 4.78 is 0. The van der Waals surface area contributed by atoms with Gasteiger partial charge in [0.2, 0.25) is 5.91 Å². The first-order valence-electron chi connectivity index (χ1n) is 7.68. The minimum absolute atomic E-state index is 0.0839. The molecule has 1 fully saturated rings. The van der Waals surface area contributed by atoms with Crippen LogP contribution in [0.3, 0.4) is 0 Å². The van der Waals surface area contributed by atoms with Crippen LogP contribution in [0.15, 0.2) is 0 Å². The highest BCUT2D eigenvalue weighted by atomic mass is 16.2. The van der Waals surface area contributed by atoms with Crippen LogP contribution in [-0.4, -0.2) is 50.1 Å². The van der Waals surface area contributed by atoms with Crippen molar-refractivity contribution in [1.29, 1.82) is 0 Å². The number of nitrogens with one attached hydrogen (secondary N) is 2. The molecule has 1 heterocycles. The lowest BCUT2D eigenvalue weighted by Crippen LogP contribution is -2.46. The number of carbonyl (C=O) groups excluding carboxylic acids is 1. The number of hydrogen-bond acceptors (Lipinski definition) is 3. The number of hydrogen-bond donors (Lipinski definition) is 2. The fourth-order valence-corrected chi connectivity index (χ4v) is 2.51. The van der Waals surface area contributed by atoms with Crippen molar-refractivity contribution in [2.24, 2.45) is 11.8 Å². The highest BCUT2D eigenvalue weighted by molar-refractivity contribution is 5.81. The Kier molecular flexibility index (Phi) is 7.39. The normalized spacial score (nSPS) is 22.5. The van der Waals surface area contributed by atoms with Gasteiger partial charge in [0.1, 0.15) is 0 Å². The molecule has 1 saturated heterocycles. The zero-order valence-corrected chi connectivity index (χ0v) is 13.0. The average molecular weight is 269 g/mol. The zero-order chi connectivity index (χ0) is 14.3. The van der Waals surface area contributed by atoms with Crippen LogP contribution < -0.4 is 10.6 Å². The van der Waals surface area contributed by atoms with Gasteiger partial charge < -0.3 is 15.5 Å². The quantitative estimate of drug-likeness (QED) is 0.735. The highest BCUT2D eigenvalue weighted by Crippen LogP contribution is 2.13. The number of nitrogens with zero attached hydrogens (tertiary/aromatic N) is 1. The molecule has 0 aromatic rings. The van der Waals surface area contributed by atoms with E-state index in [1.54, 1.807) is 0 Å². The molecule has 0 aliphatic carbocycles. The molecule has 112 valence electrons. The summed E-state index contributed by atoms with van der Waals surface area (Å²) in [6.07, 6.45) is 3.60. The van der Waals surface area contributed by atoms with E-state index in [0.29, 0.717) is 11.8 Å². The van der Waals surface area contributed by atoms with Gasteiger partial charge in [-0.1, -0.05) is 13.8 Å². The Bertz CT molecular complexity index is 268. The van der Waals surface area contributed by atoms with E-state index >= 15 is 0 Å². The second kappa shape index (κ2) is 8.54. The third-order valence-corrected chi connectivity index (χ3v) is 3.85. The van der Waals surface area contributed by atoms with Gasteiger partial charge in [0.15, 0.2) is 0 Å². The number of amides is 1. The van der Waals surface area contributed by atoms with Crippen molar-refractivity contribution in [3.05, 3.63) is 0 Å². The average Bonchev–Trinajstić information content (AvgIpc) is 2.35. The molecule has 0 saturated carbocycles. The summed E-state index contributed by atoms with van der Waals surface area (Å²) in [5, 5.41) is 6.37. The van der Waals surface area contributed by atoms with Gasteiger partial charge in [-0.05, 0) is 58.2 Å². The summed E-state index contributed by atoms with van der Waals surface area (Å²) in [6, 6.07) is -0.0839. The molecule has 0 radical (unpaired) electrons. The molecular weight excluding hydrogens is 238 g/mol. The van der Waals surface area contributed by atoms with Gasteiger partial charge in [0.25, 0.3) is 0 Å². The maximum atomic E-state index is 11.9. The second-order valence-corrected chi connectivity index (χ2v) is 6.37. The van der Waals surface area contributed by atoms with E-state index in [1.165, 1.54) is 19.4 Å². The van der Waals surface area contributed by atoms with Crippen molar-refractivity contribution >= 4 is 5.91 Å². The lowest BCUT2D eigenvalue weighted by molar-refractivity contribution is -0.122. The zero-order valence-electron chi connectivity index (χ0n) is 13.0. The van der Waals surface area contributed by atoms with E-state index in [2.05, 4.69) is 36.4 Å². The van der Waals surface area contributed by atoms with Crippen molar-refractivity contribution in [1.82, 2.24) is 15.5 Å². The largest absolute Gasteiger partial charge is 0.355 e. The Hall–Kier alpha value is -0.610. The Balaban J connectivity index is 2.15. The number of rotatable bonds is 7. The molecule has 0 spiro atoms. The Morgan fingerprint density at radius 1 is 1.37 bits per heavy atom. The van der Waals surface area contributed by atoms with Gasteiger partial charge >= 0.3 is 0 Å². The van der Waals surface area contributed by atoms with E-state index in [-0.39, 0.29) is 11.9 Å².